The van der Waals surface area contributed by atoms with Crippen molar-refractivity contribution in [2.45, 2.75) is 13.0 Å². The monoisotopic (exact) mass is 360 g/mol. The zero-order valence-electron chi connectivity index (χ0n) is 14.6. The van der Waals surface area contributed by atoms with Gasteiger partial charge in [0.25, 0.3) is 5.91 Å². The number of carbonyl (C=O) groups is 2. The van der Waals surface area contributed by atoms with E-state index in [1.54, 1.807) is 23.1 Å². The lowest BCUT2D eigenvalue weighted by atomic mass is 10.1. The maximum absolute atomic E-state index is 12.5. The van der Waals surface area contributed by atoms with Crippen molar-refractivity contribution in [2.75, 3.05) is 33.4 Å². The molecule has 0 bridgehead atoms. The van der Waals surface area contributed by atoms with Crippen molar-refractivity contribution in [3.63, 3.8) is 0 Å². The molecular formula is C18H20N2O6. The Balaban J connectivity index is 2.38. The van der Waals surface area contributed by atoms with E-state index < -0.39 is 18.0 Å². The fraction of sp³-hybridized carbons (Fsp3) is 0.389. The number of benzene rings is 1. The van der Waals surface area contributed by atoms with E-state index >= 15 is 0 Å². The number of carboxylic acid groups (broad SMARTS) is 1. The lowest BCUT2D eigenvalue weighted by Gasteiger charge is -2.26. The number of methoxy groups -OCH3 is 1. The second-order valence-corrected chi connectivity index (χ2v) is 5.55. The predicted octanol–water partition coefficient (Wildman–Crippen LogP) is 1.31. The number of nitrogens with zero attached hydrogens (tertiary/aromatic N) is 2. The first kappa shape index (κ1) is 19.3. The lowest BCUT2D eigenvalue weighted by molar-refractivity contribution is -0.144. The zero-order valence-corrected chi connectivity index (χ0v) is 14.6. The number of carboxylic acids is 1. The van der Waals surface area contributed by atoms with Crippen molar-refractivity contribution in [1.29, 1.82) is 5.26 Å². The quantitative estimate of drug-likeness (QED) is 0.602. The highest BCUT2D eigenvalue weighted by Crippen LogP contribution is 2.33. The van der Waals surface area contributed by atoms with E-state index in [4.69, 9.17) is 19.3 Å². The van der Waals surface area contributed by atoms with Gasteiger partial charge in [0.1, 0.15) is 11.6 Å². The number of carbonyl (C=O) groups excluding carboxylic acids is 1. The Hall–Kier alpha value is -3.05. The first-order chi connectivity index (χ1) is 12.5. The third-order valence-corrected chi connectivity index (χ3v) is 3.82. The van der Waals surface area contributed by atoms with Gasteiger partial charge in [0, 0.05) is 18.7 Å². The SMILES string of the molecule is COc1cccc(/C=C(/C#N)C(=O)N2CCOCC2)c1O[C@H](C)C(=O)O. The van der Waals surface area contributed by atoms with Gasteiger partial charge in [0.15, 0.2) is 17.6 Å². The van der Waals surface area contributed by atoms with Crippen LogP contribution in [0.5, 0.6) is 11.5 Å². The summed E-state index contributed by atoms with van der Waals surface area (Å²) in [4.78, 5) is 25.2. The summed E-state index contributed by atoms with van der Waals surface area (Å²) < 4.78 is 15.9. The van der Waals surface area contributed by atoms with Gasteiger partial charge in [0.2, 0.25) is 0 Å². The maximum atomic E-state index is 12.5. The average Bonchev–Trinajstić information content (AvgIpc) is 2.66. The van der Waals surface area contributed by atoms with E-state index in [0.29, 0.717) is 37.6 Å². The van der Waals surface area contributed by atoms with Crippen LogP contribution in [0.3, 0.4) is 0 Å². The molecule has 1 aromatic rings. The van der Waals surface area contributed by atoms with Crippen molar-refractivity contribution in [3.05, 3.63) is 29.3 Å². The maximum Gasteiger partial charge on any atom is 0.344 e. The van der Waals surface area contributed by atoms with Gasteiger partial charge in [-0.1, -0.05) is 12.1 Å². The molecule has 1 atom stereocenters. The molecule has 138 valence electrons. The number of nitriles is 1. The van der Waals surface area contributed by atoms with Crippen LogP contribution in [-0.2, 0) is 14.3 Å². The summed E-state index contributed by atoms with van der Waals surface area (Å²) in [6, 6.07) is 6.80. The lowest BCUT2D eigenvalue weighted by Crippen LogP contribution is -2.41. The Morgan fingerprint density at radius 2 is 2.08 bits per heavy atom. The highest BCUT2D eigenvalue weighted by atomic mass is 16.5. The molecule has 1 saturated heterocycles. The van der Waals surface area contributed by atoms with Crippen LogP contribution in [0.15, 0.2) is 23.8 Å². The second kappa shape index (κ2) is 8.87. The molecule has 0 spiro atoms. The van der Waals surface area contributed by atoms with E-state index in [-0.39, 0.29) is 11.3 Å². The molecule has 0 saturated carbocycles. The number of rotatable bonds is 6. The first-order valence-corrected chi connectivity index (χ1v) is 8.03. The van der Waals surface area contributed by atoms with Crippen molar-refractivity contribution in [3.8, 4) is 17.6 Å². The van der Waals surface area contributed by atoms with Gasteiger partial charge in [-0.25, -0.2) is 4.79 Å². The summed E-state index contributed by atoms with van der Waals surface area (Å²) in [5.41, 5.74) is 0.309. The largest absolute Gasteiger partial charge is 0.493 e. The molecule has 0 aromatic heterocycles. The Labute approximate surface area is 151 Å². The van der Waals surface area contributed by atoms with Crippen molar-refractivity contribution in [1.82, 2.24) is 4.90 Å². The molecule has 1 heterocycles. The van der Waals surface area contributed by atoms with Crippen LogP contribution in [-0.4, -0.2) is 61.4 Å². The number of ether oxygens (including phenoxy) is 3. The predicted molar refractivity (Wildman–Crippen MR) is 91.7 cm³/mol. The number of amides is 1. The number of hydrogen-bond donors (Lipinski definition) is 1. The van der Waals surface area contributed by atoms with Gasteiger partial charge in [0.05, 0.1) is 20.3 Å². The molecule has 1 amide bonds. The zero-order chi connectivity index (χ0) is 19.1. The molecular weight excluding hydrogens is 340 g/mol. The molecule has 1 aromatic carbocycles. The Bertz CT molecular complexity index is 747. The molecule has 0 radical (unpaired) electrons. The Kier molecular flexibility index (Phi) is 6.58. The van der Waals surface area contributed by atoms with Crippen molar-refractivity contribution in [2.24, 2.45) is 0 Å². The summed E-state index contributed by atoms with van der Waals surface area (Å²) in [6.07, 6.45) is 0.253. The van der Waals surface area contributed by atoms with Gasteiger partial charge in [-0.05, 0) is 19.1 Å². The standard InChI is InChI=1S/C18H20N2O6/c1-12(18(22)23)26-16-13(4-3-5-15(16)24-2)10-14(11-19)17(21)20-6-8-25-9-7-20/h3-5,10,12H,6-9H2,1-2H3,(H,22,23)/b14-10-/t12-/m1/s1. The summed E-state index contributed by atoms with van der Waals surface area (Å²) in [5.74, 6) is -1.08. The minimum absolute atomic E-state index is 0.0759. The normalized spacial score (nSPS) is 15.7. The summed E-state index contributed by atoms with van der Waals surface area (Å²) in [5, 5.41) is 18.5. The van der Waals surface area contributed by atoms with E-state index in [9.17, 15) is 14.9 Å². The van der Waals surface area contributed by atoms with Crippen LogP contribution in [0.4, 0.5) is 0 Å². The minimum atomic E-state index is -1.14. The number of morpholine rings is 1. The Morgan fingerprint density at radius 1 is 1.38 bits per heavy atom. The summed E-state index contributed by atoms with van der Waals surface area (Å²) >= 11 is 0. The fourth-order valence-corrected chi connectivity index (χ4v) is 2.39. The Morgan fingerprint density at radius 3 is 2.65 bits per heavy atom. The van der Waals surface area contributed by atoms with Crippen LogP contribution < -0.4 is 9.47 Å². The van der Waals surface area contributed by atoms with E-state index in [1.807, 2.05) is 6.07 Å². The second-order valence-electron chi connectivity index (χ2n) is 5.55. The smallest absolute Gasteiger partial charge is 0.344 e. The molecule has 1 fully saturated rings. The van der Waals surface area contributed by atoms with Gasteiger partial charge in [-0.2, -0.15) is 5.26 Å². The van der Waals surface area contributed by atoms with Crippen LogP contribution in [0.1, 0.15) is 12.5 Å². The van der Waals surface area contributed by atoms with Crippen LogP contribution >= 0.6 is 0 Å². The number of aliphatic carboxylic acids is 1. The van der Waals surface area contributed by atoms with Gasteiger partial charge in [-0.3, -0.25) is 4.79 Å². The van der Waals surface area contributed by atoms with Gasteiger partial charge >= 0.3 is 5.97 Å². The van der Waals surface area contributed by atoms with Crippen LogP contribution in [0.25, 0.3) is 6.08 Å². The molecule has 1 aliphatic rings. The highest BCUT2D eigenvalue weighted by Gasteiger charge is 2.22. The molecule has 0 aliphatic carbocycles. The molecule has 8 heteroatoms. The molecule has 1 N–H and O–H groups in total. The summed E-state index contributed by atoms with van der Waals surface area (Å²) in [7, 11) is 1.42. The average molecular weight is 360 g/mol. The first-order valence-electron chi connectivity index (χ1n) is 8.03. The topological polar surface area (TPSA) is 109 Å². The van der Waals surface area contributed by atoms with Crippen molar-refractivity contribution < 1.29 is 28.9 Å². The minimum Gasteiger partial charge on any atom is -0.493 e. The molecule has 8 nitrogen and oxygen atoms in total. The third kappa shape index (κ3) is 4.52. The highest BCUT2D eigenvalue weighted by molar-refractivity contribution is 6.02. The molecule has 2 rings (SSSR count). The fourth-order valence-electron chi connectivity index (χ4n) is 2.39. The van der Waals surface area contributed by atoms with Crippen LogP contribution in [0, 0.1) is 11.3 Å². The van der Waals surface area contributed by atoms with Crippen LogP contribution in [0.2, 0.25) is 0 Å². The third-order valence-electron chi connectivity index (χ3n) is 3.82. The summed E-state index contributed by atoms with van der Waals surface area (Å²) in [6.45, 7) is 3.05. The van der Waals surface area contributed by atoms with Gasteiger partial charge < -0.3 is 24.2 Å². The van der Waals surface area contributed by atoms with Gasteiger partial charge in [-0.15, -0.1) is 0 Å². The van der Waals surface area contributed by atoms with E-state index in [1.165, 1.54) is 20.1 Å². The number of para-hydroxylation sites is 1. The molecule has 0 unspecified atom stereocenters. The van der Waals surface area contributed by atoms with Crippen molar-refractivity contribution >= 4 is 18.0 Å². The van der Waals surface area contributed by atoms with E-state index in [2.05, 4.69) is 0 Å². The number of hydrogen-bond acceptors (Lipinski definition) is 6. The van der Waals surface area contributed by atoms with E-state index in [0.717, 1.165) is 0 Å². The molecule has 1 aliphatic heterocycles. The molecule has 26 heavy (non-hydrogen) atoms.